The minimum Gasteiger partial charge on any atom is -0.357 e. The Bertz CT molecular complexity index is 465. The van der Waals surface area contributed by atoms with Crippen molar-refractivity contribution in [2.75, 3.05) is 20.1 Å². The lowest BCUT2D eigenvalue weighted by Crippen LogP contribution is -2.45. The maximum absolute atomic E-state index is 4.69. The van der Waals surface area contributed by atoms with Crippen molar-refractivity contribution in [1.82, 2.24) is 15.5 Å². The fourth-order valence-electron chi connectivity index (χ4n) is 2.29. The summed E-state index contributed by atoms with van der Waals surface area (Å²) in [5.74, 6) is 0.918. The Balaban J connectivity index is 1.84. The highest BCUT2D eigenvalue weighted by Gasteiger charge is 2.28. The van der Waals surface area contributed by atoms with Gasteiger partial charge in [0.1, 0.15) is 0 Å². The number of hydrogen-bond donors (Lipinski definition) is 2. The molecular formula is C16H28N4S. The van der Waals surface area contributed by atoms with Crippen LogP contribution in [0.15, 0.2) is 16.4 Å². The summed E-state index contributed by atoms with van der Waals surface area (Å²) in [5.41, 5.74) is 1.33. The smallest absolute Gasteiger partial charge is 0.191 e. The van der Waals surface area contributed by atoms with Gasteiger partial charge in [-0.2, -0.15) is 0 Å². The van der Waals surface area contributed by atoms with E-state index in [1.54, 1.807) is 11.3 Å². The first kappa shape index (κ1) is 16.3. The molecule has 1 aromatic heterocycles. The van der Waals surface area contributed by atoms with Gasteiger partial charge in [-0.05, 0) is 57.7 Å². The van der Waals surface area contributed by atoms with Gasteiger partial charge in [-0.1, -0.05) is 0 Å². The highest BCUT2D eigenvalue weighted by atomic mass is 32.1. The molecule has 1 aliphatic rings. The summed E-state index contributed by atoms with van der Waals surface area (Å²) < 4.78 is 0. The van der Waals surface area contributed by atoms with Crippen LogP contribution in [0.1, 0.15) is 37.1 Å². The zero-order valence-electron chi connectivity index (χ0n) is 13.6. The zero-order chi connectivity index (χ0) is 15.2. The molecule has 1 heterocycles. The standard InChI is InChI=1S/C16H28N4S/c1-5-17-16(19-11-15-12(2)8-9-21-15)18-10-13(3)20(4)14-6-7-14/h8-9,13-14H,5-7,10-11H2,1-4H3,(H2,17,18,19). The van der Waals surface area contributed by atoms with E-state index in [2.05, 4.69) is 54.8 Å². The number of nitrogens with zero attached hydrogens (tertiary/aromatic N) is 2. The van der Waals surface area contributed by atoms with Crippen LogP contribution in [-0.4, -0.2) is 43.1 Å². The van der Waals surface area contributed by atoms with Crippen LogP contribution in [0, 0.1) is 6.92 Å². The van der Waals surface area contributed by atoms with Crippen LogP contribution < -0.4 is 10.6 Å². The summed E-state index contributed by atoms with van der Waals surface area (Å²) >= 11 is 1.78. The maximum Gasteiger partial charge on any atom is 0.191 e. The van der Waals surface area contributed by atoms with E-state index in [0.717, 1.165) is 31.6 Å². The first-order valence-corrected chi connectivity index (χ1v) is 8.76. The third-order valence-corrected chi connectivity index (χ3v) is 5.08. The molecule has 1 saturated carbocycles. The molecule has 0 aliphatic heterocycles. The van der Waals surface area contributed by atoms with Crippen molar-refractivity contribution in [3.63, 3.8) is 0 Å². The Morgan fingerprint density at radius 3 is 2.81 bits per heavy atom. The summed E-state index contributed by atoms with van der Waals surface area (Å²) in [6, 6.07) is 3.49. The number of nitrogens with one attached hydrogen (secondary N) is 2. The van der Waals surface area contributed by atoms with E-state index >= 15 is 0 Å². The second-order valence-electron chi connectivity index (χ2n) is 5.85. The number of thiophene rings is 1. The third-order valence-electron chi connectivity index (χ3n) is 4.08. The summed E-state index contributed by atoms with van der Waals surface area (Å²) in [4.78, 5) is 8.51. The summed E-state index contributed by atoms with van der Waals surface area (Å²) in [5, 5.41) is 8.93. The van der Waals surface area contributed by atoms with E-state index in [4.69, 9.17) is 4.99 Å². The molecule has 4 nitrogen and oxygen atoms in total. The van der Waals surface area contributed by atoms with Gasteiger partial charge in [0, 0.05) is 30.1 Å². The van der Waals surface area contributed by atoms with E-state index in [-0.39, 0.29) is 0 Å². The number of aliphatic imine (C=N–C) groups is 1. The highest BCUT2D eigenvalue weighted by Crippen LogP contribution is 2.26. The lowest BCUT2D eigenvalue weighted by Gasteiger charge is -2.25. The van der Waals surface area contributed by atoms with Crippen molar-refractivity contribution >= 4 is 17.3 Å². The summed E-state index contributed by atoms with van der Waals surface area (Å²) in [7, 11) is 2.23. The largest absolute Gasteiger partial charge is 0.357 e. The fourth-order valence-corrected chi connectivity index (χ4v) is 3.12. The SMILES string of the molecule is CCNC(=NCc1sccc1C)NCC(C)N(C)C1CC1. The molecule has 0 bridgehead atoms. The predicted molar refractivity (Wildman–Crippen MR) is 92.1 cm³/mol. The van der Waals surface area contributed by atoms with Gasteiger partial charge in [-0.15, -0.1) is 11.3 Å². The fraction of sp³-hybridized carbons (Fsp3) is 0.688. The van der Waals surface area contributed by atoms with E-state index in [1.165, 1.54) is 23.3 Å². The summed E-state index contributed by atoms with van der Waals surface area (Å²) in [6.45, 7) is 9.11. The van der Waals surface area contributed by atoms with Crippen LogP contribution in [0.2, 0.25) is 0 Å². The molecule has 0 aromatic carbocycles. The zero-order valence-corrected chi connectivity index (χ0v) is 14.5. The highest BCUT2D eigenvalue weighted by molar-refractivity contribution is 7.10. The van der Waals surface area contributed by atoms with Crippen molar-refractivity contribution < 1.29 is 0 Å². The summed E-state index contributed by atoms with van der Waals surface area (Å²) in [6.07, 6.45) is 2.71. The van der Waals surface area contributed by atoms with Crippen molar-refractivity contribution in [3.8, 4) is 0 Å². The van der Waals surface area contributed by atoms with Gasteiger partial charge in [0.05, 0.1) is 6.54 Å². The lowest BCUT2D eigenvalue weighted by atomic mass is 10.3. The molecule has 5 heteroatoms. The molecule has 0 spiro atoms. The van der Waals surface area contributed by atoms with E-state index < -0.39 is 0 Å². The molecule has 1 atom stereocenters. The van der Waals surface area contributed by atoms with Crippen LogP contribution in [0.4, 0.5) is 0 Å². The Morgan fingerprint density at radius 1 is 1.48 bits per heavy atom. The number of aryl methyl sites for hydroxylation is 1. The first-order valence-electron chi connectivity index (χ1n) is 7.89. The van der Waals surface area contributed by atoms with Crippen LogP contribution in [-0.2, 0) is 6.54 Å². The molecule has 0 saturated heterocycles. The molecule has 1 aromatic rings. The van der Waals surface area contributed by atoms with Gasteiger partial charge in [-0.25, -0.2) is 4.99 Å². The van der Waals surface area contributed by atoms with Crippen molar-refractivity contribution in [2.24, 2.45) is 4.99 Å². The second-order valence-corrected chi connectivity index (χ2v) is 6.85. The van der Waals surface area contributed by atoms with Gasteiger partial charge in [-0.3, -0.25) is 4.90 Å². The third kappa shape index (κ3) is 5.00. The Labute approximate surface area is 132 Å². The number of guanidine groups is 1. The molecule has 0 amide bonds. The van der Waals surface area contributed by atoms with Gasteiger partial charge in [0.25, 0.3) is 0 Å². The maximum atomic E-state index is 4.69. The average Bonchev–Trinajstić information content (AvgIpc) is 3.24. The molecule has 1 aliphatic carbocycles. The van der Waals surface area contributed by atoms with E-state index in [1.807, 2.05) is 0 Å². The van der Waals surface area contributed by atoms with Crippen LogP contribution in [0.5, 0.6) is 0 Å². The first-order chi connectivity index (χ1) is 10.1. The Kier molecular flexibility index (Phi) is 6.06. The molecule has 21 heavy (non-hydrogen) atoms. The van der Waals surface area contributed by atoms with E-state index in [9.17, 15) is 0 Å². The molecular weight excluding hydrogens is 280 g/mol. The van der Waals surface area contributed by atoms with Crippen LogP contribution >= 0.6 is 11.3 Å². The van der Waals surface area contributed by atoms with Gasteiger partial charge >= 0.3 is 0 Å². The van der Waals surface area contributed by atoms with Gasteiger partial charge < -0.3 is 10.6 Å². The van der Waals surface area contributed by atoms with Gasteiger partial charge in [0.2, 0.25) is 0 Å². The van der Waals surface area contributed by atoms with Gasteiger partial charge in [0.15, 0.2) is 5.96 Å². The van der Waals surface area contributed by atoms with Crippen LogP contribution in [0.3, 0.4) is 0 Å². The van der Waals surface area contributed by atoms with Crippen molar-refractivity contribution in [1.29, 1.82) is 0 Å². The second kappa shape index (κ2) is 7.80. The van der Waals surface area contributed by atoms with Crippen molar-refractivity contribution in [3.05, 3.63) is 21.9 Å². The quantitative estimate of drug-likeness (QED) is 0.601. The molecule has 2 rings (SSSR count). The van der Waals surface area contributed by atoms with Crippen LogP contribution in [0.25, 0.3) is 0 Å². The Morgan fingerprint density at radius 2 is 2.24 bits per heavy atom. The topological polar surface area (TPSA) is 39.7 Å². The number of rotatable bonds is 7. The monoisotopic (exact) mass is 308 g/mol. The number of hydrogen-bond acceptors (Lipinski definition) is 3. The number of likely N-dealkylation sites (N-methyl/N-ethyl adjacent to an activating group) is 1. The molecule has 1 fully saturated rings. The normalized spacial score (nSPS) is 17.1. The molecule has 2 N–H and O–H groups in total. The minimum atomic E-state index is 0.532. The minimum absolute atomic E-state index is 0.532. The average molecular weight is 308 g/mol. The molecule has 1 unspecified atom stereocenters. The lowest BCUT2D eigenvalue weighted by molar-refractivity contribution is 0.247. The molecule has 118 valence electrons. The van der Waals surface area contributed by atoms with E-state index in [0.29, 0.717) is 6.04 Å². The Hall–Kier alpha value is -1.07. The predicted octanol–water partition coefficient (Wildman–Crippen LogP) is 2.59. The van der Waals surface area contributed by atoms with Crippen molar-refractivity contribution in [2.45, 2.75) is 52.2 Å². The molecule has 0 radical (unpaired) electrons.